The number of hydrogen-bond donors (Lipinski definition) is 0. The zero-order valence-electron chi connectivity index (χ0n) is 24.0. The second-order valence-corrected chi connectivity index (χ2v) is 12.6. The molecule has 7 rings (SSSR count). The van der Waals surface area contributed by atoms with E-state index in [1.165, 1.54) is 77.5 Å². The van der Waals surface area contributed by atoms with Crippen LogP contribution in [-0.2, 0) is 12.8 Å². The number of aryl methyl sites for hydroxylation is 2. The summed E-state index contributed by atoms with van der Waals surface area (Å²) in [7, 11) is 0.628. The van der Waals surface area contributed by atoms with Gasteiger partial charge in [0.1, 0.15) is 0 Å². The Morgan fingerprint density at radius 1 is 0.902 bits per heavy atom. The minimum absolute atomic E-state index is 0.628. The maximum Gasteiger partial charge on any atom is 0.0872 e. The van der Waals surface area contributed by atoms with Gasteiger partial charge in [0.05, 0.1) is 10.9 Å². The van der Waals surface area contributed by atoms with Crippen LogP contribution >= 0.6 is 8.19 Å². The third-order valence-corrected chi connectivity index (χ3v) is 9.97. The molecule has 0 spiro atoms. The Morgan fingerprint density at radius 3 is 2.61 bits per heavy atom. The summed E-state index contributed by atoms with van der Waals surface area (Å²) >= 11 is 0. The fourth-order valence-corrected chi connectivity index (χ4v) is 7.76. The maximum atomic E-state index is 4.99. The average Bonchev–Trinajstić information content (AvgIpc) is 3.30. The van der Waals surface area contributed by atoms with E-state index in [4.69, 9.17) is 4.98 Å². The largest absolute Gasteiger partial charge is 0.243 e. The first kappa shape index (κ1) is 26.0. The molecule has 0 saturated carbocycles. The van der Waals surface area contributed by atoms with Gasteiger partial charge in [-0.2, -0.15) is 0 Å². The molecule has 0 aliphatic heterocycles. The van der Waals surface area contributed by atoms with E-state index in [0.717, 1.165) is 37.6 Å². The van der Waals surface area contributed by atoms with Crippen LogP contribution in [0.5, 0.6) is 0 Å². The molecule has 0 fully saturated rings. The van der Waals surface area contributed by atoms with Crippen LogP contribution in [0, 0.1) is 0 Å². The molecule has 41 heavy (non-hydrogen) atoms. The lowest BCUT2D eigenvalue weighted by Crippen LogP contribution is -1.95. The van der Waals surface area contributed by atoms with E-state index in [1.54, 1.807) is 0 Å². The molecule has 202 valence electrons. The molecule has 1 heterocycles. The quantitative estimate of drug-likeness (QED) is 0.149. The molecule has 2 heteroatoms. The van der Waals surface area contributed by atoms with Gasteiger partial charge in [0.15, 0.2) is 0 Å². The summed E-state index contributed by atoms with van der Waals surface area (Å²) in [6.07, 6.45) is 13.9. The second kappa shape index (κ2) is 11.2. The maximum absolute atomic E-state index is 4.99. The average molecular weight is 550 g/mol. The molecule has 5 aromatic carbocycles. The molecule has 1 unspecified atom stereocenters. The van der Waals surface area contributed by atoms with Crippen LogP contribution in [-0.4, -0.2) is 4.98 Å². The Hall–Kier alpha value is -3.93. The summed E-state index contributed by atoms with van der Waals surface area (Å²) in [6, 6.07) is 31.8. The molecule has 1 atom stereocenters. The van der Waals surface area contributed by atoms with Gasteiger partial charge in [0.25, 0.3) is 0 Å². The molecule has 1 aliphatic carbocycles. The Bertz CT molecular complexity index is 1940. The molecule has 0 radical (unpaired) electrons. The zero-order valence-corrected chi connectivity index (χ0v) is 25.0. The number of para-hydroxylation sites is 1. The van der Waals surface area contributed by atoms with Crippen molar-refractivity contribution in [2.24, 2.45) is 0 Å². The van der Waals surface area contributed by atoms with Crippen molar-refractivity contribution in [2.75, 3.05) is 0 Å². The van der Waals surface area contributed by atoms with Crippen molar-refractivity contribution >= 4 is 58.1 Å². The Labute approximate surface area is 244 Å². The lowest BCUT2D eigenvalue weighted by atomic mass is 9.87. The summed E-state index contributed by atoms with van der Waals surface area (Å²) < 4.78 is 0. The van der Waals surface area contributed by atoms with Gasteiger partial charge in [-0.1, -0.05) is 99.2 Å². The van der Waals surface area contributed by atoms with E-state index in [1.807, 2.05) is 0 Å². The number of hydrogen-bond acceptors (Lipinski definition) is 1. The normalized spacial score (nSPS) is 13.9. The van der Waals surface area contributed by atoms with Crippen LogP contribution in [0.3, 0.4) is 0 Å². The van der Waals surface area contributed by atoms with Crippen LogP contribution in [0.1, 0.15) is 67.3 Å². The van der Waals surface area contributed by atoms with Crippen LogP contribution in [0.25, 0.3) is 60.9 Å². The van der Waals surface area contributed by atoms with Crippen molar-refractivity contribution < 1.29 is 0 Å². The van der Waals surface area contributed by atoms with Gasteiger partial charge in [0, 0.05) is 10.7 Å². The van der Waals surface area contributed by atoms with Gasteiger partial charge < -0.3 is 0 Å². The summed E-state index contributed by atoms with van der Waals surface area (Å²) in [6.45, 7) is 4.57. The van der Waals surface area contributed by atoms with Gasteiger partial charge in [0.2, 0.25) is 0 Å². The molecule has 0 amide bonds. The number of aromatic nitrogens is 1. The highest BCUT2D eigenvalue weighted by atomic mass is 31.0. The predicted molar refractivity (Wildman–Crippen MR) is 182 cm³/mol. The predicted octanol–water partition coefficient (Wildman–Crippen LogP) is 11.5. The molecule has 1 aromatic heterocycles. The van der Waals surface area contributed by atoms with E-state index < -0.39 is 0 Å². The Morgan fingerprint density at radius 2 is 1.76 bits per heavy atom. The van der Waals surface area contributed by atoms with Gasteiger partial charge in [-0.15, -0.1) is 8.19 Å². The van der Waals surface area contributed by atoms with Crippen LogP contribution in [0.15, 0.2) is 91.0 Å². The SMILES string of the molecule is CCCc1cc(-c2nc3ccccc3[pH]2)ccc1/C=C(\CC)c1cc2ccc3c(c2c2ccccc12)C=CCCC3. The fraction of sp³-hybridized carbons (Fsp3) is 0.205. The minimum atomic E-state index is 0.628. The molecule has 6 aromatic rings. The van der Waals surface area contributed by atoms with Gasteiger partial charge >= 0.3 is 0 Å². The van der Waals surface area contributed by atoms with Gasteiger partial charge in [-0.25, -0.2) is 4.98 Å². The standard InChI is InChI=1S/C39H36NP/c1-3-12-28-24-31(39-40-36-17-10-11-18-37(36)41-39)22-20-29(28)23-26(4-2)35-25-30-21-19-27-13-6-5-7-14-32(27)38(30)34-16-9-8-15-33(34)35/h7-11,14-25,41H,3-6,12-13H2,1-2H3/b26-23+. The second-order valence-electron chi connectivity index (χ2n) is 11.3. The molecule has 1 nitrogen and oxygen atoms in total. The fourth-order valence-electron chi connectivity index (χ4n) is 6.58. The van der Waals surface area contributed by atoms with Crippen LogP contribution in [0.4, 0.5) is 0 Å². The monoisotopic (exact) mass is 549 g/mol. The first-order chi connectivity index (χ1) is 20.2. The van der Waals surface area contributed by atoms with Crippen molar-refractivity contribution in [1.29, 1.82) is 0 Å². The molecule has 0 saturated heterocycles. The van der Waals surface area contributed by atoms with E-state index in [2.05, 4.69) is 117 Å². The first-order valence-corrected chi connectivity index (χ1v) is 16.2. The Kier molecular flexibility index (Phi) is 7.07. The number of allylic oxidation sites excluding steroid dienone is 2. The summed E-state index contributed by atoms with van der Waals surface area (Å²) in [5.74, 6) is 0. The van der Waals surface area contributed by atoms with Crippen molar-refractivity contribution in [3.63, 3.8) is 0 Å². The van der Waals surface area contributed by atoms with Crippen molar-refractivity contribution in [3.8, 4) is 11.0 Å². The molecular weight excluding hydrogens is 513 g/mol. The highest BCUT2D eigenvalue weighted by molar-refractivity contribution is 7.40. The van der Waals surface area contributed by atoms with Crippen LogP contribution in [0.2, 0.25) is 0 Å². The third kappa shape index (κ3) is 4.83. The molecule has 1 aliphatic rings. The van der Waals surface area contributed by atoms with Gasteiger partial charge in [-0.3, -0.25) is 0 Å². The topological polar surface area (TPSA) is 12.9 Å². The highest BCUT2D eigenvalue weighted by Gasteiger charge is 2.16. The molecule has 0 N–H and O–H groups in total. The zero-order chi connectivity index (χ0) is 27.8. The van der Waals surface area contributed by atoms with Gasteiger partial charge in [-0.05, 0) is 111 Å². The minimum Gasteiger partial charge on any atom is -0.243 e. The van der Waals surface area contributed by atoms with Crippen LogP contribution < -0.4 is 0 Å². The van der Waals surface area contributed by atoms with E-state index in [0.29, 0.717) is 8.19 Å². The Balaban J connectivity index is 1.38. The van der Waals surface area contributed by atoms with Crippen molar-refractivity contribution in [2.45, 2.75) is 52.4 Å². The van der Waals surface area contributed by atoms with Crippen molar-refractivity contribution in [1.82, 2.24) is 4.98 Å². The summed E-state index contributed by atoms with van der Waals surface area (Å²) in [5, 5.41) is 6.82. The molecular formula is C39H36NP. The number of nitrogens with zero attached hydrogens (tertiary/aromatic N) is 1. The summed E-state index contributed by atoms with van der Waals surface area (Å²) in [5.41, 5.74) is 12.0. The lowest BCUT2D eigenvalue weighted by molar-refractivity contribution is 0.852. The van der Waals surface area contributed by atoms with E-state index in [-0.39, 0.29) is 0 Å². The number of rotatable bonds is 6. The van der Waals surface area contributed by atoms with E-state index >= 15 is 0 Å². The lowest BCUT2D eigenvalue weighted by Gasteiger charge is -2.17. The number of fused-ring (bicyclic) bond motifs is 6. The first-order valence-electron chi connectivity index (χ1n) is 15.2. The van der Waals surface area contributed by atoms with E-state index in [9.17, 15) is 0 Å². The highest BCUT2D eigenvalue weighted by Crippen LogP contribution is 2.40. The summed E-state index contributed by atoms with van der Waals surface area (Å²) in [4.78, 5) is 4.99. The molecule has 0 bridgehead atoms. The van der Waals surface area contributed by atoms with Crippen molar-refractivity contribution in [3.05, 3.63) is 119 Å². The number of benzene rings is 5. The smallest absolute Gasteiger partial charge is 0.0872 e. The third-order valence-electron chi connectivity index (χ3n) is 8.64.